The molecule has 1 saturated carbocycles. The standard InChI is InChI=1S/C16H19F2NO3S/c17-12-3-4-14(18)13(8-12)16(11-1-2-11)19-15(20)7-10-5-6-23(21,22)9-10/h3-4,8,10-11,16H,1-2,5-7,9H2,(H,19,20). The molecule has 0 spiro atoms. The van der Waals surface area contributed by atoms with E-state index in [9.17, 15) is 22.0 Å². The van der Waals surface area contributed by atoms with Gasteiger partial charge in [-0.15, -0.1) is 0 Å². The summed E-state index contributed by atoms with van der Waals surface area (Å²) in [6.45, 7) is 0. The Morgan fingerprint density at radius 1 is 1.26 bits per heavy atom. The second-order valence-electron chi connectivity index (χ2n) is 6.52. The number of rotatable bonds is 5. The van der Waals surface area contributed by atoms with Crippen LogP contribution >= 0.6 is 0 Å². The fourth-order valence-corrected chi connectivity index (χ4v) is 5.02. The molecule has 23 heavy (non-hydrogen) atoms. The third-order valence-corrected chi connectivity index (χ3v) is 6.34. The first-order valence-corrected chi connectivity index (χ1v) is 9.61. The van der Waals surface area contributed by atoms with Crippen LogP contribution in [0.2, 0.25) is 0 Å². The predicted molar refractivity (Wildman–Crippen MR) is 81.3 cm³/mol. The van der Waals surface area contributed by atoms with Crippen LogP contribution in [0, 0.1) is 23.5 Å². The maximum Gasteiger partial charge on any atom is 0.220 e. The van der Waals surface area contributed by atoms with E-state index in [4.69, 9.17) is 0 Å². The molecule has 0 bridgehead atoms. The number of amides is 1. The van der Waals surface area contributed by atoms with Gasteiger partial charge in [-0.1, -0.05) is 0 Å². The van der Waals surface area contributed by atoms with E-state index < -0.39 is 27.5 Å². The average molecular weight is 343 g/mol. The molecule has 1 aliphatic carbocycles. The van der Waals surface area contributed by atoms with Gasteiger partial charge >= 0.3 is 0 Å². The van der Waals surface area contributed by atoms with Crippen LogP contribution in [0.5, 0.6) is 0 Å². The van der Waals surface area contributed by atoms with Gasteiger partial charge in [-0.05, 0) is 49.3 Å². The van der Waals surface area contributed by atoms with Gasteiger partial charge in [0.25, 0.3) is 0 Å². The monoisotopic (exact) mass is 343 g/mol. The van der Waals surface area contributed by atoms with Crippen molar-refractivity contribution in [1.82, 2.24) is 5.32 Å². The lowest BCUT2D eigenvalue weighted by atomic mass is 9.99. The number of benzene rings is 1. The van der Waals surface area contributed by atoms with Crippen LogP contribution in [-0.2, 0) is 14.6 Å². The molecule has 4 nitrogen and oxygen atoms in total. The van der Waals surface area contributed by atoms with E-state index in [1.54, 1.807) is 0 Å². The molecule has 0 radical (unpaired) electrons. The Hall–Kier alpha value is -1.50. The summed E-state index contributed by atoms with van der Waals surface area (Å²) in [5.74, 6) is -1.29. The van der Waals surface area contributed by atoms with Crippen molar-refractivity contribution in [3.63, 3.8) is 0 Å². The van der Waals surface area contributed by atoms with Crippen LogP contribution in [0.15, 0.2) is 18.2 Å². The summed E-state index contributed by atoms with van der Waals surface area (Å²) in [6.07, 6.45) is 2.31. The summed E-state index contributed by atoms with van der Waals surface area (Å²) < 4.78 is 50.3. The summed E-state index contributed by atoms with van der Waals surface area (Å²) in [5, 5.41) is 2.78. The van der Waals surface area contributed by atoms with E-state index in [0.29, 0.717) is 6.42 Å². The fourth-order valence-electron chi connectivity index (χ4n) is 3.16. The Morgan fingerprint density at radius 3 is 2.61 bits per heavy atom. The summed E-state index contributed by atoms with van der Waals surface area (Å²) in [7, 11) is -3.03. The van der Waals surface area contributed by atoms with Crippen molar-refractivity contribution in [2.45, 2.75) is 31.7 Å². The molecular weight excluding hydrogens is 324 g/mol. The maximum absolute atomic E-state index is 14.0. The molecule has 1 heterocycles. The van der Waals surface area contributed by atoms with Crippen LogP contribution in [0.4, 0.5) is 8.78 Å². The fraction of sp³-hybridized carbons (Fsp3) is 0.562. The van der Waals surface area contributed by atoms with Gasteiger partial charge in [0.1, 0.15) is 11.6 Å². The normalized spacial score (nSPS) is 24.3. The van der Waals surface area contributed by atoms with E-state index in [2.05, 4.69) is 5.32 Å². The Kier molecular flexibility index (Phi) is 4.40. The average Bonchev–Trinajstić information content (AvgIpc) is 3.24. The van der Waals surface area contributed by atoms with Crippen molar-refractivity contribution in [2.24, 2.45) is 11.8 Å². The highest BCUT2D eigenvalue weighted by Crippen LogP contribution is 2.42. The molecule has 1 aliphatic heterocycles. The van der Waals surface area contributed by atoms with E-state index in [1.165, 1.54) is 0 Å². The summed E-state index contributed by atoms with van der Waals surface area (Å²) in [4.78, 5) is 12.2. The maximum atomic E-state index is 14.0. The van der Waals surface area contributed by atoms with Gasteiger partial charge < -0.3 is 5.32 Å². The number of carbonyl (C=O) groups excluding carboxylic acids is 1. The Labute approximate surface area is 134 Å². The first-order valence-electron chi connectivity index (χ1n) is 7.79. The molecule has 1 saturated heterocycles. The van der Waals surface area contributed by atoms with Crippen LogP contribution in [0.3, 0.4) is 0 Å². The minimum absolute atomic E-state index is 0.0306. The Balaban J connectivity index is 1.68. The minimum Gasteiger partial charge on any atom is -0.349 e. The number of hydrogen-bond acceptors (Lipinski definition) is 3. The van der Waals surface area contributed by atoms with Gasteiger partial charge in [0.05, 0.1) is 17.5 Å². The quantitative estimate of drug-likeness (QED) is 0.893. The predicted octanol–water partition coefficient (Wildman–Crippen LogP) is 2.36. The third kappa shape index (κ3) is 4.07. The highest BCUT2D eigenvalue weighted by atomic mass is 32.2. The van der Waals surface area contributed by atoms with Crippen molar-refractivity contribution in [3.05, 3.63) is 35.4 Å². The summed E-state index contributed by atoms with van der Waals surface area (Å²) in [5.41, 5.74) is 0.167. The number of halogens is 2. The van der Waals surface area contributed by atoms with Crippen molar-refractivity contribution in [2.75, 3.05) is 11.5 Å². The van der Waals surface area contributed by atoms with Gasteiger partial charge in [0.2, 0.25) is 5.91 Å². The molecule has 2 unspecified atom stereocenters. The zero-order valence-corrected chi connectivity index (χ0v) is 13.4. The molecule has 2 atom stereocenters. The zero-order valence-electron chi connectivity index (χ0n) is 12.6. The zero-order chi connectivity index (χ0) is 16.6. The molecule has 1 N–H and O–H groups in total. The van der Waals surface area contributed by atoms with Gasteiger partial charge in [0, 0.05) is 12.0 Å². The Morgan fingerprint density at radius 2 is 2.00 bits per heavy atom. The molecule has 126 valence electrons. The largest absolute Gasteiger partial charge is 0.349 e. The van der Waals surface area contributed by atoms with E-state index in [1.807, 2.05) is 0 Å². The van der Waals surface area contributed by atoms with Crippen LogP contribution < -0.4 is 5.32 Å². The SMILES string of the molecule is O=C(CC1CCS(=O)(=O)C1)NC(c1cc(F)ccc1F)C1CC1. The second kappa shape index (κ2) is 6.19. The van der Waals surface area contributed by atoms with Crippen LogP contribution in [-0.4, -0.2) is 25.8 Å². The molecule has 1 aromatic rings. The summed E-state index contributed by atoms with van der Waals surface area (Å²) >= 11 is 0. The molecule has 0 aromatic heterocycles. The highest BCUT2D eigenvalue weighted by Gasteiger charge is 2.36. The van der Waals surface area contributed by atoms with Crippen molar-refractivity contribution >= 4 is 15.7 Å². The van der Waals surface area contributed by atoms with Crippen LogP contribution in [0.1, 0.15) is 37.3 Å². The molecule has 2 aliphatic rings. The smallest absolute Gasteiger partial charge is 0.220 e. The van der Waals surface area contributed by atoms with Gasteiger partial charge in [-0.2, -0.15) is 0 Å². The second-order valence-corrected chi connectivity index (χ2v) is 8.75. The van der Waals surface area contributed by atoms with Crippen molar-refractivity contribution < 1.29 is 22.0 Å². The summed E-state index contributed by atoms with van der Waals surface area (Å²) in [6, 6.07) is 2.69. The Bertz CT molecular complexity index is 716. The number of hydrogen-bond donors (Lipinski definition) is 1. The first-order chi connectivity index (χ1) is 10.8. The van der Waals surface area contributed by atoms with E-state index in [-0.39, 0.29) is 41.2 Å². The third-order valence-electron chi connectivity index (χ3n) is 4.50. The minimum atomic E-state index is -3.03. The molecule has 2 fully saturated rings. The van der Waals surface area contributed by atoms with Gasteiger partial charge in [-0.25, -0.2) is 17.2 Å². The van der Waals surface area contributed by atoms with Crippen LogP contribution in [0.25, 0.3) is 0 Å². The lowest BCUT2D eigenvalue weighted by Crippen LogP contribution is -2.32. The van der Waals surface area contributed by atoms with Gasteiger partial charge in [-0.3, -0.25) is 4.79 Å². The topological polar surface area (TPSA) is 63.2 Å². The van der Waals surface area contributed by atoms with Crippen molar-refractivity contribution in [1.29, 1.82) is 0 Å². The lowest BCUT2D eigenvalue weighted by molar-refractivity contribution is -0.122. The molecule has 3 rings (SSSR count). The molecule has 1 amide bonds. The number of carbonyl (C=O) groups is 1. The van der Waals surface area contributed by atoms with E-state index >= 15 is 0 Å². The molecule has 7 heteroatoms. The van der Waals surface area contributed by atoms with Crippen molar-refractivity contribution in [3.8, 4) is 0 Å². The first kappa shape index (κ1) is 16.4. The lowest BCUT2D eigenvalue weighted by Gasteiger charge is -2.20. The number of nitrogens with one attached hydrogen (secondary N) is 1. The highest BCUT2D eigenvalue weighted by molar-refractivity contribution is 7.91. The van der Waals surface area contributed by atoms with E-state index in [0.717, 1.165) is 31.0 Å². The van der Waals surface area contributed by atoms with Gasteiger partial charge in [0.15, 0.2) is 9.84 Å². The molecule has 1 aromatic carbocycles. The molecular formula is C16H19F2NO3S. The number of sulfone groups is 1.